The molecule has 2 aromatic carbocycles. The molecule has 0 bridgehead atoms. The van der Waals surface area contributed by atoms with Gasteiger partial charge in [-0.1, -0.05) is 37.7 Å². The molecule has 180 valence electrons. The predicted molar refractivity (Wildman–Crippen MR) is 130 cm³/mol. The summed E-state index contributed by atoms with van der Waals surface area (Å²) in [5.41, 5.74) is 0.534. The Morgan fingerprint density at radius 2 is 1.82 bits per heavy atom. The molecule has 3 aromatic rings. The smallest absolute Gasteiger partial charge is 0.335 e. The van der Waals surface area contributed by atoms with E-state index in [1.165, 1.54) is 23.9 Å². The zero-order valence-corrected chi connectivity index (χ0v) is 20.3. The minimum atomic E-state index is -1.05. The number of rotatable bonds is 11. The second kappa shape index (κ2) is 11.6. The van der Waals surface area contributed by atoms with Crippen LogP contribution in [0.4, 0.5) is 5.69 Å². The minimum absolute atomic E-state index is 0.0959. The van der Waals surface area contributed by atoms with Gasteiger partial charge in [0, 0.05) is 18.3 Å². The number of hydrogen-bond acceptors (Lipinski definition) is 7. The first-order valence-electron chi connectivity index (χ1n) is 10.8. The molecule has 0 fully saturated rings. The van der Waals surface area contributed by atoms with Crippen LogP contribution in [0.3, 0.4) is 0 Å². The van der Waals surface area contributed by atoms with Crippen LogP contribution in [0.15, 0.2) is 53.7 Å². The number of ether oxygens (including phenoxy) is 2. The Morgan fingerprint density at radius 3 is 2.53 bits per heavy atom. The zero-order chi connectivity index (χ0) is 24.7. The molecule has 0 saturated heterocycles. The number of nitrogens with one attached hydrogen (secondary N) is 1. The molecular weight excluding hydrogens is 456 g/mol. The summed E-state index contributed by atoms with van der Waals surface area (Å²) in [6.45, 7) is 6.75. The van der Waals surface area contributed by atoms with Crippen molar-refractivity contribution >= 4 is 29.3 Å². The molecule has 1 amide bonds. The largest absolute Gasteiger partial charge is 0.497 e. The lowest BCUT2D eigenvalue weighted by Gasteiger charge is -2.18. The number of methoxy groups -OCH3 is 1. The van der Waals surface area contributed by atoms with Gasteiger partial charge < -0.3 is 24.5 Å². The number of amides is 1. The van der Waals surface area contributed by atoms with E-state index in [1.54, 1.807) is 25.3 Å². The average Bonchev–Trinajstić information content (AvgIpc) is 3.19. The second-order valence-corrected chi connectivity index (χ2v) is 8.95. The third-order valence-electron chi connectivity index (χ3n) is 4.74. The molecule has 1 atom stereocenters. The summed E-state index contributed by atoms with van der Waals surface area (Å²) in [5.74, 6) is 1.12. The highest BCUT2D eigenvalue weighted by Gasteiger charge is 2.21. The lowest BCUT2D eigenvalue weighted by atomic mass is 10.2. The van der Waals surface area contributed by atoms with Crippen molar-refractivity contribution in [3.8, 4) is 11.5 Å². The van der Waals surface area contributed by atoms with Crippen molar-refractivity contribution in [1.82, 2.24) is 14.8 Å². The quantitative estimate of drug-likeness (QED) is 0.382. The van der Waals surface area contributed by atoms with Crippen molar-refractivity contribution < 1.29 is 24.2 Å². The number of thioether (sulfide) groups is 1. The number of benzene rings is 2. The summed E-state index contributed by atoms with van der Waals surface area (Å²) in [6, 6.07) is 13.5. The molecule has 0 aliphatic carbocycles. The fraction of sp³-hybridized carbons (Fsp3) is 0.333. The van der Waals surface area contributed by atoms with E-state index in [9.17, 15) is 9.59 Å². The van der Waals surface area contributed by atoms with Crippen LogP contribution in [0.5, 0.6) is 11.5 Å². The van der Waals surface area contributed by atoms with Gasteiger partial charge in [0.1, 0.15) is 11.5 Å². The first-order chi connectivity index (χ1) is 16.3. The molecule has 0 aliphatic heterocycles. The van der Waals surface area contributed by atoms with E-state index < -0.39 is 5.97 Å². The van der Waals surface area contributed by atoms with Gasteiger partial charge in [-0.3, -0.25) is 4.79 Å². The van der Waals surface area contributed by atoms with E-state index in [2.05, 4.69) is 29.4 Å². The van der Waals surface area contributed by atoms with E-state index in [-0.39, 0.29) is 23.3 Å². The Bertz CT molecular complexity index is 1150. The lowest BCUT2D eigenvalue weighted by molar-refractivity contribution is -0.113. The van der Waals surface area contributed by atoms with Crippen LogP contribution in [-0.2, 0) is 11.3 Å². The monoisotopic (exact) mass is 484 g/mol. The Morgan fingerprint density at radius 1 is 1.09 bits per heavy atom. The highest BCUT2D eigenvalue weighted by atomic mass is 32.2. The van der Waals surface area contributed by atoms with Gasteiger partial charge in [-0.2, -0.15) is 0 Å². The predicted octanol–water partition coefficient (Wildman–Crippen LogP) is 4.51. The van der Waals surface area contributed by atoms with Crippen LogP contribution < -0.4 is 14.8 Å². The molecule has 0 aliphatic rings. The average molecular weight is 485 g/mol. The number of carboxylic acid groups (broad SMARTS) is 1. The van der Waals surface area contributed by atoms with Crippen molar-refractivity contribution in [2.75, 3.05) is 18.2 Å². The van der Waals surface area contributed by atoms with E-state index in [4.69, 9.17) is 14.6 Å². The molecule has 10 heteroatoms. The maximum absolute atomic E-state index is 12.5. The second-order valence-electron chi connectivity index (χ2n) is 8.01. The number of carbonyl (C=O) groups excluding carboxylic acids is 1. The number of carboxylic acids is 1. The SMILES string of the molecule is COc1cccc(OC(C)c2nnc(SCC(=O)Nc3cccc(C(=O)O)c3)n2CC(C)C)c1. The summed E-state index contributed by atoms with van der Waals surface area (Å²) in [7, 11) is 1.60. The minimum Gasteiger partial charge on any atom is -0.497 e. The summed E-state index contributed by atoms with van der Waals surface area (Å²) in [5, 5.41) is 21.1. The molecule has 34 heavy (non-hydrogen) atoms. The Hall–Kier alpha value is -3.53. The summed E-state index contributed by atoms with van der Waals surface area (Å²) in [4.78, 5) is 23.6. The number of nitrogens with zero attached hydrogens (tertiary/aromatic N) is 3. The fourth-order valence-corrected chi connectivity index (χ4v) is 3.99. The number of aromatic carboxylic acids is 1. The van der Waals surface area contributed by atoms with E-state index in [0.29, 0.717) is 40.6 Å². The molecule has 2 N–H and O–H groups in total. The molecule has 0 saturated carbocycles. The van der Waals surface area contributed by atoms with Gasteiger partial charge in [0.15, 0.2) is 17.1 Å². The van der Waals surface area contributed by atoms with Crippen LogP contribution in [0.1, 0.15) is 43.1 Å². The van der Waals surface area contributed by atoms with Gasteiger partial charge in [0.2, 0.25) is 5.91 Å². The Balaban J connectivity index is 1.70. The van der Waals surface area contributed by atoms with Crippen LogP contribution in [0, 0.1) is 5.92 Å². The summed E-state index contributed by atoms with van der Waals surface area (Å²) in [6.07, 6.45) is -0.375. The maximum Gasteiger partial charge on any atom is 0.335 e. The van der Waals surface area contributed by atoms with Crippen molar-refractivity contribution in [2.45, 2.75) is 38.6 Å². The van der Waals surface area contributed by atoms with Crippen molar-refractivity contribution in [2.24, 2.45) is 5.92 Å². The van der Waals surface area contributed by atoms with Crippen molar-refractivity contribution in [3.05, 3.63) is 59.9 Å². The highest BCUT2D eigenvalue weighted by molar-refractivity contribution is 7.99. The molecular formula is C24H28N4O5S. The van der Waals surface area contributed by atoms with Crippen LogP contribution in [-0.4, -0.2) is 44.6 Å². The van der Waals surface area contributed by atoms with Crippen molar-refractivity contribution in [1.29, 1.82) is 0 Å². The van der Waals surface area contributed by atoms with Gasteiger partial charge in [0.25, 0.3) is 0 Å². The number of carbonyl (C=O) groups is 2. The zero-order valence-electron chi connectivity index (χ0n) is 19.5. The van der Waals surface area contributed by atoms with Gasteiger partial charge in [0.05, 0.1) is 18.4 Å². The van der Waals surface area contributed by atoms with Crippen LogP contribution >= 0.6 is 11.8 Å². The normalized spacial score (nSPS) is 11.8. The molecule has 3 rings (SSSR count). The molecule has 1 heterocycles. The first kappa shape index (κ1) is 25.1. The molecule has 9 nitrogen and oxygen atoms in total. The van der Waals surface area contributed by atoms with E-state index >= 15 is 0 Å². The first-order valence-corrected chi connectivity index (χ1v) is 11.7. The van der Waals surface area contributed by atoms with Gasteiger partial charge in [-0.05, 0) is 43.2 Å². The van der Waals surface area contributed by atoms with Crippen molar-refractivity contribution in [3.63, 3.8) is 0 Å². The molecule has 0 radical (unpaired) electrons. The maximum atomic E-state index is 12.5. The summed E-state index contributed by atoms with van der Waals surface area (Å²) >= 11 is 1.26. The topological polar surface area (TPSA) is 116 Å². The number of hydrogen-bond donors (Lipinski definition) is 2. The fourth-order valence-electron chi connectivity index (χ4n) is 3.23. The third-order valence-corrected chi connectivity index (χ3v) is 5.70. The number of anilines is 1. The molecule has 1 aromatic heterocycles. The Kier molecular flexibility index (Phi) is 8.53. The lowest BCUT2D eigenvalue weighted by Crippen LogP contribution is -2.17. The highest BCUT2D eigenvalue weighted by Crippen LogP contribution is 2.27. The van der Waals surface area contributed by atoms with Gasteiger partial charge in [-0.15, -0.1) is 10.2 Å². The van der Waals surface area contributed by atoms with Crippen LogP contribution in [0.25, 0.3) is 0 Å². The summed E-state index contributed by atoms with van der Waals surface area (Å²) < 4.78 is 13.3. The Labute approximate surface area is 202 Å². The van der Waals surface area contributed by atoms with Crippen LogP contribution in [0.2, 0.25) is 0 Å². The van der Waals surface area contributed by atoms with E-state index in [1.807, 2.05) is 29.7 Å². The standard InChI is InChI=1S/C24H28N4O5S/c1-15(2)13-28-22(16(3)33-20-10-6-9-19(12-20)32-4)26-27-24(28)34-14-21(29)25-18-8-5-7-17(11-18)23(30)31/h5-12,15-16H,13-14H2,1-4H3,(H,25,29)(H,30,31). The van der Waals surface area contributed by atoms with E-state index in [0.717, 1.165) is 0 Å². The number of aromatic nitrogens is 3. The van der Waals surface area contributed by atoms with Gasteiger partial charge >= 0.3 is 5.97 Å². The molecule has 1 unspecified atom stereocenters. The third kappa shape index (κ3) is 6.74. The molecule has 0 spiro atoms. The van der Waals surface area contributed by atoms with Gasteiger partial charge in [-0.25, -0.2) is 4.79 Å².